The lowest BCUT2D eigenvalue weighted by Crippen LogP contribution is -1.75. The van der Waals surface area contributed by atoms with Gasteiger partial charge in [-0.25, -0.2) is 4.98 Å². The fraction of sp³-hybridized carbons (Fsp3) is 0. The number of hydrogen-bond acceptors (Lipinski definition) is 2. The molecule has 0 radical (unpaired) electrons. The molecule has 2 N–H and O–H groups in total. The molecule has 0 fully saturated rings. The van der Waals surface area contributed by atoms with E-state index in [2.05, 4.69) is 20.2 Å². The Balaban J connectivity index is 2.48. The molecule has 4 nitrogen and oxygen atoms in total. The molecule has 0 amide bonds. The third-order valence-electron chi connectivity index (χ3n) is 1.29. The number of nitrogens with zero attached hydrogens (tertiary/aromatic N) is 2. The molecule has 0 aromatic carbocycles. The van der Waals surface area contributed by atoms with Crippen LogP contribution < -0.4 is 0 Å². The van der Waals surface area contributed by atoms with Crippen LogP contribution in [0, 0.1) is 0 Å². The maximum atomic E-state index is 3.87. The van der Waals surface area contributed by atoms with E-state index in [1.165, 1.54) is 0 Å². The van der Waals surface area contributed by atoms with E-state index in [4.69, 9.17) is 0 Å². The summed E-state index contributed by atoms with van der Waals surface area (Å²) in [7, 11) is 0. The zero-order valence-corrected chi connectivity index (χ0v) is 5.20. The van der Waals surface area contributed by atoms with E-state index in [1.807, 2.05) is 6.07 Å². The molecule has 0 unspecified atom stereocenters. The monoisotopic (exact) mass is 134 g/mol. The van der Waals surface area contributed by atoms with Gasteiger partial charge in [0.15, 0.2) is 0 Å². The lowest BCUT2D eigenvalue weighted by Gasteiger charge is -1.85. The van der Waals surface area contributed by atoms with Gasteiger partial charge in [-0.15, -0.1) is 0 Å². The van der Waals surface area contributed by atoms with Crippen molar-refractivity contribution in [1.29, 1.82) is 0 Å². The van der Waals surface area contributed by atoms with Crippen molar-refractivity contribution in [1.82, 2.24) is 20.2 Å². The Morgan fingerprint density at radius 2 is 2.30 bits per heavy atom. The van der Waals surface area contributed by atoms with Gasteiger partial charge in [-0.2, -0.15) is 5.10 Å². The quantitative estimate of drug-likeness (QED) is 0.606. The molecule has 2 aromatic rings. The molecule has 0 bridgehead atoms. The van der Waals surface area contributed by atoms with Gasteiger partial charge >= 0.3 is 0 Å². The highest BCUT2D eigenvalue weighted by Gasteiger charge is 1.96. The van der Waals surface area contributed by atoms with Gasteiger partial charge in [0.1, 0.15) is 0 Å². The second kappa shape index (κ2) is 1.98. The lowest BCUT2D eigenvalue weighted by atomic mass is 10.3. The SMILES string of the molecule is c1cc(-c2cnc[nH]2)[nH]n1. The van der Waals surface area contributed by atoms with Crippen molar-refractivity contribution in [3.63, 3.8) is 0 Å². The van der Waals surface area contributed by atoms with Gasteiger partial charge in [-0.3, -0.25) is 5.10 Å². The standard InChI is InChI=1S/C6H6N4/c1-2-9-10-5(1)6-3-7-4-8-6/h1-4H,(H,7,8)(H,9,10). The van der Waals surface area contributed by atoms with Gasteiger partial charge in [0.25, 0.3) is 0 Å². The van der Waals surface area contributed by atoms with Gasteiger partial charge < -0.3 is 4.98 Å². The molecular formula is C6H6N4. The zero-order chi connectivity index (χ0) is 6.81. The normalized spacial score (nSPS) is 10.0. The minimum atomic E-state index is 0.956. The highest BCUT2D eigenvalue weighted by Crippen LogP contribution is 2.09. The molecule has 0 spiro atoms. The van der Waals surface area contributed by atoms with Crippen molar-refractivity contribution >= 4 is 0 Å². The molecule has 50 valence electrons. The highest BCUT2D eigenvalue weighted by molar-refractivity contribution is 5.51. The van der Waals surface area contributed by atoms with Crippen molar-refractivity contribution in [2.75, 3.05) is 0 Å². The van der Waals surface area contributed by atoms with Crippen molar-refractivity contribution in [2.24, 2.45) is 0 Å². The van der Waals surface area contributed by atoms with E-state index >= 15 is 0 Å². The average molecular weight is 134 g/mol. The first-order chi connectivity index (χ1) is 4.97. The molecule has 2 aromatic heterocycles. The van der Waals surface area contributed by atoms with Crippen molar-refractivity contribution in [2.45, 2.75) is 0 Å². The third kappa shape index (κ3) is 0.699. The Kier molecular flexibility index (Phi) is 1.04. The molecule has 0 aliphatic rings. The zero-order valence-electron chi connectivity index (χ0n) is 5.20. The fourth-order valence-electron chi connectivity index (χ4n) is 0.809. The molecule has 2 heterocycles. The van der Waals surface area contributed by atoms with Gasteiger partial charge in [0, 0.05) is 6.20 Å². The van der Waals surface area contributed by atoms with E-state index in [-0.39, 0.29) is 0 Å². The smallest absolute Gasteiger partial charge is 0.0924 e. The Bertz CT molecular complexity index is 249. The Labute approximate surface area is 57.3 Å². The van der Waals surface area contributed by atoms with Crippen LogP contribution in [0.25, 0.3) is 11.4 Å². The van der Waals surface area contributed by atoms with Gasteiger partial charge in [-0.05, 0) is 6.07 Å². The molecule has 0 aliphatic carbocycles. The second-order valence-electron chi connectivity index (χ2n) is 1.94. The minimum absolute atomic E-state index is 0.956. The summed E-state index contributed by atoms with van der Waals surface area (Å²) in [5, 5.41) is 6.62. The fourth-order valence-corrected chi connectivity index (χ4v) is 0.809. The average Bonchev–Trinajstić information content (AvgIpc) is 2.59. The first-order valence-electron chi connectivity index (χ1n) is 2.95. The Morgan fingerprint density at radius 3 is 2.90 bits per heavy atom. The summed E-state index contributed by atoms with van der Waals surface area (Å²) in [6.07, 6.45) is 5.08. The second-order valence-corrected chi connectivity index (χ2v) is 1.94. The summed E-state index contributed by atoms with van der Waals surface area (Å²) in [6.45, 7) is 0. The number of H-pyrrole nitrogens is 2. The topological polar surface area (TPSA) is 57.4 Å². The number of imidazole rings is 1. The Hall–Kier alpha value is -1.58. The van der Waals surface area contributed by atoms with E-state index in [0.29, 0.717) is 0 Å². The number of rotatable bonds is 1. The minimum Gasteiger partial charge on any atom is -0.343 e. The van der Waals surface area contributed by atoms with Crippen molar-refractivity contribution in [3.05, 3.63) is 24.8 Å². The summed E-state index contributed by atoms with van der Waals surface area (Å²) in [6, 6.07) is 1.88. The number of aromatic nitrogens is 4. The van der Waals surface area contributed by atoms with E-state index in [0.717, 1.165) is 11.4 Å². The van der Waals surface area contributed by atoms with Crippen LogP contribution in [0.1, 0.15) is 0 Å². The molecule has 0 saturated carbocycles. The summed E-state index contributed by atoms with van der Waals surface area (Å²) >= 11 is 0. The summed E-state index contributed by atoms with van der Waals surface area (Å²) < 4.78 is 0. The van der Waals surface area contributed by atoms with E-state index in [1.54, 1.807) is 18.7 Å². The number of aromatic amines is 2. The first kappa shape index (κ1) is 5.22. The maximum Gasteiger partial charge on any atom is 0.0924 e. The van der Waals surface area contributed by atoms with E-state index in [9.17, 15) is 0 Å². The van der Waals surface area contributed by atoms with Gasteiger partial charge in [-0.1, -0.05) is 0 Å². The molecular weight excluding hydrogens is 128 g/mol. The number of nitrogens with one attached hydrogen (secondary N) is 2. The molecule has 0 atom stereocenters. The number of hydrogen-bond donors (Lipinski definition) is 2. The third-order valence-corrected chi connectivity index (χ3v) is 1.29. The van der Waals surface area contributed by atoms with Crippen LogP contribution in [0.3, 0.4) is 0 Å². The van der Waals surface area contributed by atoms with Gasteiger partial charge in [0.2, 0.25) is 0 Å². The highest BCUT2D eigenvalue weighted by atomic mass is 15.1. The molecule has 2 rings (SSSR count). The van der Waals surface area contributed by atoms with Crippen LogP contribution in [0.2, 0.25) is 0 Å². The van der Waals surface area contributed by atoms with Crippen LogP contribution in [0.4, 0.5) is 0 Å². The van der Waals surface area contributed by atoms with Gasteiger partial charge in [0.05, 0.1) is 23.9 Å². The summed E-state index contributed by atoms with van der Waals surface area (Å²) in [4.78, 5) is 6.83. The molecule has 10 heavy (non-hydrogen) atoms. The van der Waals surface area contributed by atoms with Crippen LogP contribution in [-0.4, -0.2) is 20.2 Å². The van der Waals surface area contributed by atoms with Crippen LogP contribution in [0.5, 0.6) is 0 Å². The van der Waals surface area contributed by atoms with Crippen LogP contribution in [0.15, 0.2) is 24.8 Å². The largest absolute Gasteiger partial charge is 0.343 e. The van der Waals surface area contributed by atoms with Crippen LogP contribution >= 0.6 is 0 Å². The van der Waals surface area contributed by atoms with E-state index < -0.39 is 0 Å². The molecule has 0 saturated heterocycles. The maximum absolute atomic E-state index is 3.87. The van der Waals surface area contributed by atoms with Crippen molar-refractivity contribution < 1.29 is 0 Å². The van der Waals surface area contributed by atoms with Crippen LogP contribution in [-0.2, 0) is 0 Å². The predicted octanol–water partition coefficient (Wildman–Crippen LogP) is 0.800. The molecule has 0 aliphatic heterocycles. The summed E-state index contributed by atoms with van der Waals surface area (Å²) in [5.74, 6) is 0. The Morgan fingerprint density at radius 1 is 1.30 bits per heavy atom. The summed E-state index contributed by atoms with van der Waals surface area (Å²) in [5.41, 5.74) is 1.91. The molecule has 4 heteroatoms. The predicted molar refractivity (Wildman–Crippen MR) is 36.2 cm³/mol. The van der Waals surface area contributed by atoms with Crippen molar-refractivity contribution in [3.8, 4) is 11.4 Å². The first-order valence-corrected chi connectivity index (χ1v) is 2.95. The lowest BCUT2D eigenvalue weighted by molar-refractivity contribution is 1.09.